The predicted octanol–water partition coefficient (Wildman–Crippen LogP) is 0.751. The van der Waals surface area contributed by atoms with Crippen molar-refractivity contribution in [1.29, 1.82) is 0 Å². The fourth-order valence-electron chi connectivity index (χ4n) is 3.21. The van der Waals surface area contributed by atoms with Crippen LogP contribution < -0.4 is 11.5 Å². The van der Waals surface area contributed by atoms with Gasteiger partial charge in [0, 0.05) is 13.1 Å². The zero-order chi connectivity index (χ0) is 19.3. The Balaban J connectivity index is 2.12. The summed E-state index contributed by atoms with van der Waals surface area (Å²) in [7, 11) is 0. The number of carbonyl (C=O) groups is 1. The Labute approximate surface area is 146 Å². The number of hydrogen-bond acceptors (Lipinski definition) is 6. The standard InChI is InChI=1S/C15H19F3N6O2/c1-14(2,23-3-4-26-9(6-23)13(20)25)10-5-8(15(16,17)18)11-12(19)21-7-22-24(10)11/h5,7,9H,3-4,6H2,1-2H3,(H2,20,25)(H2,19,21,22). The second-order valence-corrected chi connectivity index (χ2v) is 6.61. The number of hydrogen-bond donors (Lipinski definition) is 2. The number of rotatable bonds is 3. The van der Waals surface area contributed by atoms with Crippen molar-refractivity contribution < 1.29 is 22.7 Å². The monoisotopic (exact) mass is 372 g/mol. The first-order valence-corrected chi connectivity index (χ1v) is 7.89. The van der Waals surface area contributed by atoms with E-state index in [1.807, 2.05) is 4.90 Å². The van der Waals surface area contributed by atoms with E-state index < -0.39 is 29.3 Å². The molecule has 8 nitrogen and oxygen atoms in total. The van der Waals surface area contributed by atoms with E-state index in [2.05, 4.69) is 10.1 Å². The van der Waals surface area contributed by atoms with Crippen molar-refractivity contribution in [3.63, 3.8) is 0 Å². The van der Waals surface area contributed by atoms with Gasteiger partial charge >= 0.3 is 6.18 Å². The summed E-state index contributed by atoms with van der Waals surface area (Å²) in [4.78, 5) is 17.0. The van der Waals surface area contributed by atoms with Crippen molar-refractivity contribution >= 4 is 17.2 Å². The molecule has 0 spiro atoms. The molecule has 2 aromatic heterocycles. The number of fused-ring (bicyclic) bond motifs is 1. The molecule has 1 saturated heterocycles. The van der Waals surface area contributed by atoms with E-state index in [1.165, 1.54) is 0 Å². The molecule has 11 heteroatoms. The van der Waals surface area contributed by atoms with Crippen LogP contribution in [0.15, 0.2) is 12.4 Å². The van der Waals surface area contributed by atoms with Crippen LogP contribution >= 0.6 is 0 Å². The van der Waals surface area contributed by atoms with Gasteiger partial charge in [-0.15, -0.1) is 0 Å². The normalized spacial score (nSPS) is 19.8. The third-order valence-corrected chi connectivity index (χ3v) is 4.69. The zero-order valence-electron chi connectivity index (χ0n) is 14.2. The van der Waals surface area contributed by atoms with Crippen LogP contribution in [0.4, 0.5) is 19.0 Å². The zero-order valence-corrected chi connectivity index (χ0v) is 14.2. The Kier molecular flexibility index (Phi) is 4.31. The lowest BCUT2D eigenvalue weighted by Gasteiger charge is -2.42. The van der Waals surface area contributed by atoms with E-state index in [0.29, 0.717) is 6.54 Å². The first-order valence-electron chi connectivity index (χ1n) is 7.89. The Morgan fingerprint density at radius 3 is 2.69 bits per heavy atom. The van der Waals surface area contributed by atoms with Crippen molar-refractivity contribution in [3.8, 4) is 0 Å². The van der Waals surface area contributed by atoms with Gasteiger partial charge in [-0.3, -0.25) is 9.69 Å². The number of primary amides is 1. The molecule has 0 saturated carbocycles. The van der Waals surface area contributed by atoms with Crippen molar-refractivity contribution in [2.24, 2.45) is 5.73 Å². The molecular formula is C15H19F3N6O2. The minimum atomic E-state index is -4.61. The molecule has 26 heavy (non-hydrogen) atoms. The minimum absolute atomic E-state index is 0.164. The summed E-state index contributed by atoms with van der Waals surface area (Å²) >= 11 is 0. The van der Waals surface area contributed by atoms with Gasteiger partial charge in [0.05, 0.1) is 23.4 Å². The third kappa shape index (κ3) is 2.97. The first kappa shape index (κ1) is 18.4. The van der Waals surface area contributed by atoms with E-state index >= 15 is 0 Å². The van der Waals surface area contributed by atoms with Crippen molar-refractivity contribution in [3.05, 3.63) is 23.7 Å². The molecule has 4 N–H and O–H groups in total. The smallest absolute Gasteiger partial charge is 0.382 e. The van der Waals surface area contributed by atoms with Crippen LogP contribution in [0, 0.1) is 0 Å². The Hall–Kier alpha value is -2.40. The van der Waals surface area contributed by atoms with Crippen LogP contribution in [0.2, 0.25) is 0 Å². The second kappa shape index (κ2) is 6.09. The maximum atomic E-state index is 13.5. The summed E-state index contributed by atoms with van der Waals surface area (Å²) in [6, 6.07) is 1.02. The molecule has 2 aromatic rings. The summed E-state index contributed by atoms with van der Waals surface area (Å²) in [6.45, 7) is 4.32. The molecule has 3 heterocycles. The number of morpholine rings is 1. The third-order valence-electron chi connectivity index (χ3n) is 4.69. The molecular weight excluding hydrogens is 353 g/mol. The number of aromatic nitrogens is 3. The predicted molar refractivity (Wildman–Crippen MR) is 85.9 cm³/mol. The summed E-state index contributed by atoms with van der Waals surface area (Å²) in [5, 5.41) is 3.97. The highest BCUT2D eigenvalue weighted by Crippen LogP contribution is 2.40. The van der Waals surface area contributed by atoms with Gasteiger partial charge < -0.3 is 16.2 Å². The molecule has 0 aliphatic carbocycles. The van der Waals surface area contributed by atoms with Crippen LogP contribution in [0.1, 0.15) is 25.1 Å². The molecule has 1 unspecified atom stereocenters. The van der Waals surface area contributed by atoms with Crippen molar-refractivity contribution in [2.45, 2.75) is 31.7 Å². The maximum Gasteiger partial charge on any atom is 0.418 e. The molecule has 1 fully saturated rings. The Morgan fingerprint density at radius 1 is 1.38 bits per heavy atom. The number of nitrogens with zero attached hydrogens (tertiary/aromatic N) is 4. The van der Waals surface area contributed by atoms with Crippen molar-refractivity contribution in [2.75, 3.05) is 25.4 Å². The highest BCUT2D eigenvalue weighted by Gasteiger charge is 2.42. The van der Waals surface area contributed by atoms with Gasteiger partial charge in [0.2, 0.25) is 5.91 Å². The Morgan fingerprint density at radius 2 is 2.08 bits per heavy atom. The van der Waals surface area contributed by atoms with Crippen LogP contribution in [-0.4, -0.2) is 51.2 Å². The molecule has 1 aliphatic rings. The number of alkyl halides is 3. The van der Waals surface area contributed by atoms with Gasteiger partial charge in [0.15, 0.2) is 5.82 Å². The highest BCUT2D eigenvalue weighted by atomic mass is 19.4. The van der Waals surface area contributed by atoms with Gasteiger partial charge in [0.25, 0.3) is 0 Å². The van der Waals surface area contributed by atoms with Gasteiger partial charge in [-0.2, -0.15) is 18.3 Å². The second-order valence-electron chi connectivity index (χ2n) is 6.61. The first-order chi connectivity index (χ1) is 12.0. The summed E-state index contributed by atoms with van der Waals surface area (Å²) in [6.07, 6.45) is -4.33. The summed E-state index contributed by atoms with van der Waals surface area (Å²) < 4.78 is 46.9. The quantitative estimate of drug-likeness (QED) is 0.822. The molecule has 0 radical (unpaired) electrons. The molecule has 1 amide bonds. The van der Waals surface area contributed by atoms with Crippen LogP contribution in [0.5, 0.6) is 0 Å². The lowest BCUT2D eigenvalue weighted by Crippen LogP contribution is -2.54. The SMILES string of the molecule is CC(C)(c1cc(C(F)(F)F)c2c(N)ncnn12)N1CCOC(C(N)=O)C1. The van der Waals surface area contributed by atoms with Gasteiger partial charge in [0.1, 0.15) is 17.9 Å². The lowest BCUT2D eigenvalue weighted by atomic mass is 9.96. The lowest BCUT2D eigenvalue weighted by molar-refractivity contribution is -0.138. The molecule has 142 valence electrons. The topological polar surface area (TPSA) is 112 Å². The van der Waals surface area contributed by atoms with Crippen LogP contribution in [-0.2, 0) is 21.2 Å². The minimum Gasteiger partial charge on any atom is -0.382 e. The number of halogens is 3. The van der Waals surface area contributed by atoms with E-state index in [0.717, 1.165) is 16.9 Å². The van der Waals surface area contributed by atoms with E-state index in [4.69, 9.17) is 16.2 Å². The van der Waals surface area contributed by atoms with Gasteiger partial charge in [-0.25, -0.2) is 9.50 Å². The molecule has 0 bridgehead atoms. The molecule has 1 atom stereocenters. The van der Waals surface area contributed by atoms with Crippen LogP contribution in [0.3, 0.4) is 0 Å². The molecule has 1 aliphatic heterocycles. The van der Waals surface area contributed by atoms with Crippen LogP contribution in [0.25, 0.3) is 5.52 Å². The number of ether oxygens (including phenoxy) is 1. The number of carbonyl (C=O) groups excluding carboxylic acids is 1. The average molecular weight is 372 g/mol. The maximum absolute atomic E-state index is 13.5. The van der Waals surface area contributed by atoms with Gasteiger partial charge in [-0.05, 0) is 19.9 Å². The summed E-state index contributed by atoms with van der Waals surface area (Å²) in [5.41, 5.74) is 9.17. The van der Waals surface area contributed by atoms with E-state index in [1.54, 1.807) is 13.8 Å². The largest absolute Gasteiger partial charge is 0.418 e. The number of nitrogen functional groups attached to an aromatic ring is 1. The average Bonchev–Trinajstić information content (AvgIpc) is 2.97. The van der Waals surface area contributed by atoms with Crippen molar-refractivity contribution in [1.82, 2.24) is 19.5 Å². The summed E-state index contributed by atoms with van der Waals surface area (Å²) in [5.74, 6) is -0.876. The number of nitrogens with two attached hydrogens (primary N) is 2. The fraction of sp³-hybridized carbons (Fsp3) is 0.533. The number of anilines is 1. The molecule has 3 rings (SSSR count). The van der Waals surface area contributed by atoms with E-state index in [-0.39, 0.29) is 30.2 Å². The Bertz CT molecular complexity index is 848. The molecule has 0 aromatic carbocycles. The highest BCUT2D eigenvalue weighted by molar-refractivity contribution is 5.79. The number of amides is 1. The fourth-order valence-corrected chi connectivity index (χ4v) is 3.21. The van der Waals surface area contributed by atoms with Gasteiger partial charge in [-0.1, -0.05) is 0 Å². The van der Waals surface area contributed by atoms with E-state index in [9.17, 15) is 18.0 Å².